The first-order valence-electron chi connectivity index (χ1n) is 6.28. The van der Waals surface area contributed by atoms with Crippen molar-refractivity contribution in [1.82, 2.24) is 5.32 Å². The van der Waals surface area contributed by atoms with Gasteiger partial charge in [-0.3, -0.25) is 0 Å². The SMILES string of the molecule is CNC(Cc1ccccc1Br)c1ccc(C)cc1F. The van der Waals surface area contributed by atoms with E-state index in [4.69, 9.17) is 0 Å². The zero-order valence-corrected chi connectivity index (χ0v) is 12.7. The molecule has 1 atom stereocenters. The minimum Gasteiger partial charge on any atom is -0.313 e. The van der Waals surface area contributed by atoms with Crippen molar-refractivity contribution in [1.29, 1.82) is 0 Å². The Morgan fingerprint density at radius 1 is 1.21 bits per heavy atom. The van der Waals surface area contributed by atoms with Crippen LogP contribution in [0.3, 0.4) is 0 Å². The molecule has 0 aliphatic rings. The van der Waals surface area contributed by atoms with Crippen molar-refractivity contribution in [3.63, 3.8) is 0 Å². The van der Waals surface area contributed by atoms with Gasteiger partial charge in [0.25, 0.3) is 0 Å². The number of likely N-dealkylation sites (N-methyl/N-ethyl adjacent to an activating group) is 1. The summed E-state index contributed by atoms with van der Waals surface area (Å²) in [6, 6.07) is 13.4. The predicted octanol–water partition coefficient (Wildman–Crippen LogP) is 4.40. The van der Waals surface area contributed by atoms with Crippen LogP contribution in [0.1, 0.15) is 22.7 Å². The number of nitrogens with one attached hydrogen (secondary N) is 1. The van der Waals surface area contributed by atoms with E-state index < -0.39 is 0 Å². The molecule has 0 heterocycles. The van der Waals surface area contributed by atoms with E-state index in [0.717, 1.165) is 16.5 Å². The van der Waals surface area contributed by atoms with Gasteiger partial charge in [0.05, 0.1) is 0 Å². The van der Waals surface area contributed by atoms with Crippen molar-refractivity contribution in [2.45, 2.75) is 19.4 Å². The fourth-order valence-electron chi connectivity index (χ4n) is 2.17. The van der Waals surface area contributed by atoms with E-state index >= 15 is 0 Å². The average molecular weight is 322 g/mol. The molecule has 1 N–H and O–H groups in total. The summed E-state index contributed by atoms with van der Waals surface area (Å²) in [6.45, 7) is 1.90. The number of hydrogen-bond donors (Lipinski definition) is 1. The van der Waals surface area contributed by atoms with Crippen molar-refractivity contribution < 1.29 is 4.39 Å². The molecule has 2 aromatic carbocycles. The highest BCUT2D eigenvalue weighted by atomic mass is 79.9. The van der Waals surface area contributed by atoms with E-state index in [2.05, 4.69) is 27.3 Å². The molecular formula is C16H17BrFN. The zero-order chi connectivity index (χ0) is 13.8. The number of aryl methyl sites for hydroxylation is 1. The third-order valence-electron chi connectivity index (χ3n) is 3.26. The Balaban J connectivity index is 2.28. The summed E-state index contributed by atoms with van der Waals surface area (Å²) in [6.07, 6.45) is 0.748. The molecule has 0 spiro atoms. The highest BCUT2D eigenvalue weighted by molar-refractivity contribution is 9.10. The molecule has 0 bridgehead atoms. The molecule has 2 aromatic rings. The highest BCUT2D eigenvalue weighted by Gasteiger charge is 2.15. The van der Waals surface area contributed by atoms with Crippen molar-refractivity contribution >= 4 is 15.9 Å². The maximum Gasteiger partial charge on any atom is 0.128 e. The van der Waals surface area contributed by atoms with E-state index in [1.807, 2.05) is 44.3 Å². The van der Waals surface area contributed by atoms with Gasteiger partial charge in [-0.05, 0) is 43.7 Å². The number of rotatable bonds is 4. The van der Waals surface area contributed by atoms with E-state index in [9.17, 15) is 4.39 Å². The lowest BCUT2D eigenvalue weighted by Gasteiger charge is -2.18. The first kappa shape index (κ1) is 14.2. The third kappa shape index (κ3) is 3.43. The second-order valence-electron chi connectivity index (χ2n) is 4.66. The van der Waals surface area contributed by atoms with E-state index in [0.29, 0.717) is 5.56 Å². The Kier molecular flexibility index (Phi) is 4.72. The summed E-state index contributed by atoms with van der Waals surface area (Å²) in [5.41, 5.74) is 2.82. The van der Waals surface area contributed by atoms with Crippen molar-refractivity contribution in [2.75, 3.05) is 7.05 Å². The van der Waals surface area contributed by atoms with Gasteiger partial charge in [-0.2, -0.15) is 0 Å². The van der Waals surface area contributed by atoms with Gasteiger partial charge in [0.2, 0.25) is 0 Å². The van der Waals surface area contributed by atoms with Crippen LogP contribution in [0, 0.1) is 12.7 Å². The number of hydrogen-bond acceptors (Lipinski definition) is 1. The summed E-state index contributed by atoms with van der Waals surface area (Å²) >= 11 is 3.54. The quantitative estimate of drug-likeness (QED) is 0.880. The van der Waals surface area contributed by atoms with Crippen LogP contribution in [0.4, 0.5) is 4.39 Å². The molecule has 0 amide bonds. The van der Waals surface area contributed by atoms with Crippen molar-refractivity contribution in [3.8, 4) is 0 Å². The van der Waals surface area contributed by atoms with Crippen molar-refractivity contribution in [3.05, 3.63) is 69.4 Å². The fraction of sp³-hybridized carbons (Fsp3) is 0.250. The smallest absolute Gasteiger partial charge is 0.128 e. The van der Waals surface area contributed by atoms with Crippen LogP contribution in [0.5, 0.6) is 0 Å². The van der Waals surface area contributed by atoms with E-state index in [1.54, 1.807) is 6.07 Å². The maximum absolute atomic E-state index is 14.0. The monoisotopic (exact) mass is 321 g/mol. The van der Waals surface area contributed by atoms with Crippen molar-refractivity contribution in [2.24, 2.45) is 0 Å². The van der Waals surface area contributed by atoms with Gasteiger partial charge < -0.3 is 5.32 Å². The van der Waals surface area contributed by atoms with Crippen LogP contribution < -0.4 is 5.32 Å². The van der Waals surface area contributed by atoms with E-state index in [-0.39, 0.29) is 11.9 Å². The Labute approximate surface area is 122 Å². The lowest BCUT2D eigenvalue weighted by Crippen LogP contribution is -2.20. The molecular weight excluding hydrogens is 305 g/mol. The molecule has 1 unspecified atom stereocenters. The Bertz CT molecular complexity index is 568. The fourth-order valence-corrected chi connectivity index (χ4v) is 2.61. The Morgan fingerprint density at radius 3 is 2.58 bits per heavy atom. The molecule has 0 aliphatic heterocycles. The second-order valence-corrected chi connectivity index (χ2v) is 5.52. The number of halogens is 2. The molecule has 0 saturated carbocycles. The lowest BCUT2D eigenvalue weighted by molar-refractivity contribution is 0.533. The summed E-state index contributed by atoms with van der Waals surface area (Å²) in [5, 5.41) is 3.19. The molecule has 0 saturated heterocycles. The largest absolute Gasteiger partial charge is 0.313 e. The molecule has 100 valence electrons. The zero-order valence-electron chi connectivity index (χ0n) is 11.1. The maximum atomic E-state index is 14.0. The summed E-state index contributed by atoms with van der Waals surface area (Å²) in [4.78, 5) is 0. The highest BCUT2D eigenvalue weighted by Crippen LogP contribution is 2.25. The molecule has 0 radical (unpaired) electrons. The average Bonchev–Trinajstić information content (AvgIpc) is 2.39. The van der Waals surface area contributed by atoms with E-state index in [1.165, 1.54) is 5.56 Å². The van der Waals surface area contributed by atoms with Crippen LogP contribution in [0.25, 0.3) is 0 Å². The van der Waals surface area contributed by atoms with Gasteiger partial charge in [-0.25, -0.2) is 4.39 Å². The number of benzene rings is 2. The molecule has 1 nitrogen and oxygen atoms in total. The first-order chi connectivity index (χ1) is 9.11. The first-order valence-corrected chi connectivity index (χ1v) is 7.08. The Morgan fingerprint density at radius 2 is 1.95 bits per heavy atom. The lowest BCUT2D eigenvalue weighted by atomic mass is 9.97. The standard InChI is InChI=1S/C16H17BrFN/c1-11-7-8-13(15(18)9-11)16(19-2)10-12-5-3-4-6-14(12)17/h3-9,16,19H,10H2,1-2H3. The molecule has 0 aliphatic carbocycles. The van der Waals surface area contributed by atoms with Crippen LogP contribution in [-0.4, -0.2) is 7.05 Å². The summed E-state index contributed by atoms with van der Waals surface area (Å²) < 4.78 is 15.1. The summed E-state index contributed by atoms with van der Waals surface area (Å²) in [7, 11) is 1.86. The van der Waals surface area contributed by atoms with Crippen LogP contribution in [0.15, 0.2) is 46.9 Å². The van der Waals surface area contributed by atoms with Gasteiger partial charge in [0.1, 0.15) is 5.82 Å². The molecule has 0 aromatic heterocycles. The predicted molar refractivity (Wildman–Crippen MR) is 80.8 cm³/mol. The van der Waals surface area contributed by atoms with Gasteiger partial charge in [0.15, 0.2) is 0 Å². The molecule has 2 rings (SSSR count). The normalized spacial score (nSPS) is 12.4. The minimum absolute atomic E-state index is 0.0284. The topological polar surface area (TPSA) is 12.0 Å². The van der Waals surface area contributed by atoms with Crippen LogP contribution in [0.2, 0.25) is 0 Å². The van der Waals surface area contributed by atoms with Crippen LogP contribution >= 0.6 is 15.9 Å². The van der Waals surface area contributed by atoms with Gasteiger partial charge in [-0.15, -0.1) is 0 Å². The molecule has 0 fully saturated rings. The van der Waals surface area contributed by atoms with Crippen LogP contribution in [-0.2, 0) is 6.42 Å². The minimum atomic E-state index is -0.147. The molecule has 3 heteroatoms. The second kappa shape index (κ2) is 6.31. The van der Waals surface area contributed by atoms with Gasteiger partial charge in [0, 0.05) is 16.1 Å². The van der Waals surface area contributed by atoms with Gasteiger partial charge in [-0.1, -0.05) is 46.3 Å². The van der Waals surface area contributed by atoms with Gasteiger partial charge >= 0.3 is 0 Å². The molecule has 19 heavy (non-hydrogen) atoms. The summed E-state index contributed by atoms with van der Waals surface area (Å²) in [5.74, 6) is -0.147. The third-order valence-corrected chi connectivity index (χ3v) is 4.04. The Hall–Kier alpha value is -1.19.